The van der Waals surface area contributed by atoms with E-state index in [9.17, 15) is 5.11 Å². The average molecular weight is 154 g/mol. The van der Waals surface area contributed by atoms with Crippen LogP contribution in [0.1, 0.15) is 13.3 Å². The molecule has 1 N–H and O–H groups in total. The Morgan fingerprint density at radius 2 is 2.27 bits per heavy atom. The minimum Gasteiger partial charge on any atom is -0.368 e. The zero-order valence-electron chi connectivity index (χ0n) is 6.73. The van der Waals surface area contributed by atoms with Crippen molar-refractivity contribution in [3.63, 3.8) is 0 Å². The van der Waals surface area contributed by atoms with E-state index in [4.69, 9.17) is 4.74 Å². The lowest BCUT2D eigenvalue weighted by molar-refractivity contribution is -0.0908. The topological polar surface area (TPSA) is 29.5 Å². The van der Waals surface area contributed by atoms with Crippen LogP contribution < -0.4 is 0 Å². The highest BCUT2D eigenvalue weighted by molar-refractivity contribution is 5.03. The Morgan fingerprint density at radius 1 is 1.45 bits per heavy atom. The van der Waals surface area contributed by atoms with E-state index in [0.717, 1.165) is 13.0 Å². The molecule has 0 amide bonds. The SMILES string of the molecule is C/C=C/[C@H]1C[C@H]2[C@@H]1CO[C@@H]2O. The highest BCUT2D eigenvalue weighted by atomic mass is 16.6. The second-order valence-electron chi connectivity index (χ2n) is 3.48. The predicted octanol–water partition coefficient (Wildman–Crippen LogP) is 1.16. The normalized spacial score (nSPS) is 49.3. The van der Waals surface area contributed by atoms with E-state index in [1.165, 1.54) is 0 Å². The van der Waals surface area contributed by atoms with E-state index in [-0.39, 0.29) is 0 Å². The molecule has 2 aliphatic rings. The fourth-order valence-corrected chi connectivity index (χ4v) is 2.16. The first kappa shape index (κ1) is 7.32. The van der Waals surface area contributed by atoms with Gasteiger partial charge in [0, 0.05) is 5.92 Å². The van der Waals surface area contributed by atoms with Crippen molar-refractivity contribution < 1.29 is 9.84 Å². The summed E-state index contributed by atoms with van der Waals surface area (Å²) >= 11 is 0. The molecule has 0 radical (unpaired) electrons. The van der Waals surface area contributed by atoms with Crippen molar-refractivity contribution in [2.75, 3.05) is 6.61 Å². The van der Waals surface area contributed by atoms with E-state index in [2.05, 4.69) is 12.2 Å². The number of hydrogen-bond acceptors (Lipinski definition) is 2. The molecule has 0 unspecified atom stereocenters. The maximum atomic E-state index is 9.26. The summed E-state index contributed by atoms with van der Waals surface area (Å²) < 4.78 is 5.14. The number of hydrogen-bond donors (Lipinski definition) is 1. The smallest absolute Gasteiger partial charge is 0.157 e. The molecule has 1 saturated heterocycles. The van der Waals surface area contributed by atoms with Crippen LogP contribution in [0.15, 0.2) is 12.2 Å². The third kappa shape index (κ3) is 1.01. The van der Waals surface area contributed by atoms with Gasteiger partial charge in [-0.05, 0) is 25.2 Å². The third-order valence-corrected chi connectivity index (χ3v) is 2.91. The molecule has 2 rings (SSSR count). The molecule has 0 spiro atoms. The summed E-state index contributed by atoms with van der Waals surface area (Å²) in [6.45, 7) is 2.79. The van der Waals surface area contributed by atoms with Crippen molar-refractivity contribution in [2.45, 2.75) is 19.6 Å². The Hall–Kier alpha value is -0.340. The van der Waals surface area contributed by atoms with Gasteiger partial charge in [-0.3, -0.25) is 0 Å². The van der Waals surface area contributed by atoms with Gasteiger partial charge in [0.2, 0.25) is 0 Å². The molecule has 0 bridgehead atoms. The van der Waals surface area contributed by atoms with Crippen LogP contribution in [0, 0.1) is 17.8 Å². The minimum atomic E-state index is -0.471. The molecule has 0 aromatic heterocycles. The molecular formula is C9H14O2. The third-order valence-electron chi connectivity index (χ3n) is 2.91. The van der Waals surface area contributed by atoms with Gasteiger partial charge in [-0.1, -0.05) is 12.2 Å². The zero-order valence-corrected chi connectivity index (χ0v) is 6.73. The van der Waals surface area contributed by atoms with Crippen molar-refractivity contribution >= 4 is 0 Å². The van der Waals surface area contributed by atoms with E-state index in [1.807, 2.05) is 6.92 Å². The summed E-state index contributed by atoms with van der Waals surface area (Å²) in [5, 5.41) is 9.26. The van der Waals surface area contributed by atoms with Gasteiger partial charge >= 0.3 is 0 Å². The predicted molar refractivity (Wildman–Crippen MR) is 41.9 cm³/mol. The molecular weight excluding hydrogens is 140 g/mol. The molecule has 11 heavy (non-hydrogen) atoms. The summed E-state index contributed by atoms with van der Waals surface area (Å²) in [4.78, 5) is 0. The van der Waals surface area contributed by atoms with Crippen molar-refractivity contribution in [3.05, 3.63) is 12.2 Å². The van der Waals surface area contributed by atoms with Gasteiger partial charge in [0.25, 0.3) is 0 Å². The largest absolute Gasteiger partial charge is 0.368 e. The number of aliphatic hydroxyl groups is 1. The number of ether oxygens (including phenoxy) is 1. The van der Waals surface area contributed by atoms with Crippen LogP contribution >= 0.6 is 0 Å². The molecule has 2 heteroatoms. The first-order valence-corrected chi connectivity index (χ1v) is 4.25. The molecule has 0 aromatic rings. The second-order valence-corrected chi connectivity index (χ2v) is 3.48. The Morgan fingerprint density at radius 3 is 2.91 bits per heavy atom. The first-order chi connectivity index (χ1) is 5.33. The second kappa shape index (κ2) is 2.61. The van der Waals surface area contributed by atoms with Gasteiger partial charge in [-0.2, -0.15) is 0 Å². The molecule has 1 aliphatic carbocycles. The van der Waals surface area contributed by atoms with Gasteiger partial charge in [-0.15, -0.1) is 0 Å². The van der Waals surface area contributed by atoms with Crippen molar-refractivity contribution in [2.24, 2.45) is 17.8 Å². The summed E-state index contributed by atoms with van der Waals surface area (Å²) in [5.74, 6) is 1.69. The quantitative estimate of drug-likeness (QED) is 0.574. The molecule has 62 valence electrons. The monoisotopic (exact) mass is 154 g/mol. The number of allylic oxidation sites excluding steroid dienone is 2. The van der Waals surface area contributed by atoms with Gasteiger partial charge in [0.05, 0.1) is 6.61 Å². The lowest BCUT2D eigenvalue weighted by Crippen LogP contribution is -2.37. The fourth-order valence-electron chi connectivity index (χ4n) is 2.16. The summed E-state index contributed by atoms with van der Waals surface area (Å²) in [6.07, 6.45) is 4.95. The molecule has 0 aromatic carbocycles. The van der Waals surface area contributed by atoms with Crippen LogP contribution in [0.5, 0.6) is 0 Å². The Labute approximate surface area is 66.9 Å². The van der Waals surface area contributed by atoms with Gasteiger partial charge in [-0.25, -0.2) is 0 Å². The Balaban J connectivity index is 1.96. The van der Waals surface area contributed by atoms with Crippen LogP contribution in [0.25, 0.3) is 0 Å². The van der Waals surface area contributed by atoms with E-state index in [0.29, 0.717) is 17.8 Å². The molecule has 1 heterocycles. The maximum Gasteiger partial charge on any atom is 0.157 e. The van der Waals surface area contributed by atoms with E-state index in [1.54, 1.807) is 0 Å². The molecule has 2 fully saturated rings. The first-order valence-electron chi connectivity index (χ1n) is 4.25. The number of aliphatic hydroxyl groups excluding tert-OH is 1. The summed E-state index contributed by atoms with van der Waals surface area (Å²) in [6, 6.07) is 0. The lowest BCUT2D eigenvalue weighted by Gasteiger charge is -2.37. The van der Waals surface area contributed by atoms with Crippen LogP contribution in [-0.4, -0.2) is 18.0 Å². The zero-order chi connectivity index (χ0) is 7.84. The van der Waals surface area contributed by atoms with Gasteiger partial charge in [0.15, 0.2) is 6.29 Å². The van der Waals surface area contributed by atoms with E-state index >= 15 is 0 Å². The summed E-state index contributed by atoms with van der Waals surface area (Å²) in [5.41, 5.74) is 0. The van der Waals surface area contributed by atoms with Crippen molar-refractivity contribution in [1.82, 2.24) is 0 Å². The minimum absolute atomic E-state index is 0.427. The molecule has 4 atom stereocenters. The Kier molecular flexibility index (Phi) is 1.74. The fraction of sp³-hybridized carbons (Fsp3) is 0.778. The van der Waals surface area contributed by atoms with Gasteiger partial charge in [0.1, 0.15) is 0 Å². The van der Waals surface area contributed by atoms with Gasteiger partial charge < -0.3 is 9.84 Å². The van der Waals surface area contributed by atoms with Crippen molar-refractivity contribution in [3.8, 4) is 0 Å². The van der Waals surface area contributed by atoms with Crippen LogP contribution in [-0.2, 0) is 4.74 Å². The van der Waals surface area contributed by atoms with Crippen LogP contribution in [0.2, 0.25) is 0 Å². The molecule has 1 saturated carbocycles. The average Bonchev–Trinajstić information content (AvgIpc) is 2.22. The van der Waals surface area contributed by atoms with Crippen molar-refractivity contribution in [1.29, 1.82) is 0 Å². The molecule has 2 nitrogen and oxygen atoms in total. The highest BCUT2D eigenvalue weighted by Crippen LogP contribution is 2.47. The van der Waals surface area contributed by atoms with E-state index < -0.39 is 6.29 Å². The van der Waals surface area contributed by atoms with Crippen LogP contribution in [0.4, 0.5) is 0 Å². The number of rotatable bonds is 1. The highest BCUT2D eigenvalue weighted by Gasteiger charge is 2.48. The lowest BCUT2D eigenvalue weighted by atomic mass is 9.66. The maximum absolute atomic E-state index is 9.26. The van der Waals surface area contributed by atoms with Crippen LogP contribution in [0.3, 0.4) is 0 Å². The summed E-state index contributed by atoms with van der Waals surface area (Å²) in [7, 11) is 0. The number of fused-ring (bicyclic) bond motifs is 1. The Bertz CT molecular complexity index is 176. The standard InChI is InChI=1S/C9H14O2/c1-2-3-6-4-7-8(6)5-11-9(7)10/h2-3,6-10H,4-5H2,1H3/b3-2+/t6-,7-,8+,9-/m0/s1. The molecule has 1 aliphatic heterocycles.